The van der Waals surface area contributed by atoms with Gasteiger partial charge in [-0.2, -0.15) is 0 Å². The van der Waals surface area contributed by atoms with E-state index < -0.39 is 0 Å². The second-order valence-corrected chi connectivity index (χ2v) is 8.06. The first-order valence-corrected chi connectivity index (χ1v) is 10.9. The first-order chi connectivity index (χ1) is 15.1. The molecule has 2 heterocycles. The van der Waals surface area contributed by atoms with Crippen molar-refractivity contribution in [1.29, 1.82) is 0 Å². The van der Waals surface area contributed by atoms with Crippen LogP contribution in [-0.4, -0.2) is 75.2 Å². The fraction of sp³-hybridized carbons (Fsp3) is 0.458. The molecular weight excluding hydrogens is 397 g/mol. The Morgan fingerprint density at radius 1 is 0.935 bits per heavy atom. The van der Waals surface area contributed by atoms with Crippen molar-refractivity contribution in [3.05, 3.63) is 53.8 Å². The van der Waals surface area contributed by atoms with E-state index in [9.17, 15) is 9.18 Å². The first-order valence-electron chi connectivity index (χ1n) is 10.9. The molecule has 0 bridgehead atoms. The summed E-state index contributed by atoms with van der Waals surface area (Å²) in [5, 5.41) is 0. The summed E-state index contributed by atoms with van der Waals surface area (Å²) in [6.45, 7) is 4.70. The fourth-order valence-electron chi connectivity index (χ4n) is 4.69. The Balaban J connectivity index is 1.42. The maximum atomic E-state index is 14.1. The molecule has 0 aromatic heterocycles. The van der Waals surface area contributed by atoms with Gasteiger partial charge in [-0.3, -0.25) is 9.69 Å². The zero-order chi connectivity index (χ0) is 21.8. The van der Waals surface area contributed by atoms with Crippen molar-refractivity contribution in [2.24, 2.45) is 0 Å². The number of anilines is 1. The van der Waals surface area contributed by atoms with Crippen LogP contribution in [0.4, 0.5) is 10.1 Å². The molecule has 6 nitrogen and oxygen atoms in total. The molecule has 0 radical (unpaired) electrons. The summed E-state index contributed by atoms with van der Waals surface area (Å²) in [5.41, 5.74) is 1.16. The lowest BCUT2D eigenvalue weighted by molar-refractivity contribution is 0.0557. The number of carbonyl (C=O) groups excluding carboxylic acids is 1. The minimum atomic E-state index is -0.170. The second kappa shape index (κ2) is 9.56. The predicted octanol–water partition coefficient (Wildman–Crippen LogP) is 3.27. The third-order valence-corrected chi connectivity index (χ3v) is 6.35. The number of carbonyl (C=O) groups is 1. The maximum absolute atomic E-state index is 14.1. The number of hydrogen-bond donors (Lipinski definition) is 0. The number of methoxy groups -OCH3 is 2. The van der Waals surface area contributed by atoms with Crippen LogP contribution in [0.25, 0.3) is 0 Å². The van der Waals surface area contributed by atoms with E-state index in [0.29, 0.717) is 35.3 Å². The topological polar surface area (TPSA) is 45.3 Å². The van der Waals surface area contributed by atoms with E-state index in [1.165, 1.54) is 6.07 Å². The monoisotopic (exact) mass is 427 g/mol. The lowest BCUT2D eigenvalue weighted by atomic mass is 10.0. The van der Waals surface area contributed by atoms with Gasteiger partial charge in [0.05, 0.1) is 19.9 Å². The standard InChI is InChI=1S/C24H30FN3O3/c1-30-21-10-5-11-22(31-2)23(21)24(29)28-12-6-7-18(17-28)26-13-15-27(16-14-26)20-9-4-3-8-19(20)25/h3-5,8-11,18H,6-7,12-17H2,1-2H3. The zero-order valence-electron chi connectivity index (χ0n) is 18.2. The highest BCUT2D eigenvalue weighted by Gasteiger charge is 2.32. The average Bonchev–Trinajstić information content (AvgIpc) is 2.83. The van der Waals surface area contributed by atoms with Crippen LogP contribution in [-0.2, 0) is 0 Å². The molecular formula is C24H30FN3O3. The van der Waals surface area contributed by atoms with E-state index in [1.807, 2.05) is 23.1 Å². The number of para-hydroxylation sites is 1. The van der Waals surface area contributed by atoms with Gasteiger partial charge < -0.3 is 19.3 Å². The Kier molecular flexibility index (Phi) is 6.61. The third-order valence-electron chi connectivity index (χ3n) is 6.35. The molecule has 1 amide bonds. The van der Waals surface area contributed by atoms with Crippen LogP contribution < -0.4 is 14.4 Å². The van der Waals surface area contributed by atoms with E-state index in [4.69, 9.17) is 9.47 Å². The summed E-state index contributed by atoms with van der Waals surface area (Å²) >= 11 is 0. The number of piperazine rings is 1. The Morgan fingerprint density at radius 3 is 2.26 bits per heavy atom. The molecule has 31 heavy (non-hydrogen) atoms. The summed E-state index contributed by atoms with van der Waals surface area (Å²) in [6, 6.07) is 12.7. The smallest absolute Gasteiger partial charge is 0.261 e. The van der Waals surface area contributed by atoms with Crippen molar-refractivity contribution < 1.29 is 18.7 Å². The van der Waals surface area contributed by atoms with E-state index >= 15 is 0 Å². The average molecular weight is 428 g/mol. The lowest BCUT2D eigenvalue weighted by Gasteiger charge is -2.44. The number of amides is 1. The molecule has 2 aliphatic heterocycles. The Hall–Kier alpha value is -2.80. The zero-order valence-corrected chi connectivity index (χ0v) is 18.2. The van der Waals surface area contributed by atoms with Crippen molar-refractivity contribution in [3.63, 3.8) is 0 Å². The summed E-state index contributed by atoms with van der Waals surface area (Å²) in [7, 11) is 3.14. The normalized spacial score (nSPS) is 19.9. The van der Waals surface area contributed by atoms with Gasteiger partial charge in [-0.05, 0) is 37.1 Å². The van der Waals surface area contributed by atoms with Crippen LogP contribution in [0.15, 0.2) is 42.5 Å². The van der Waals surface area contributed by atoms with Crippen LogP contribution in [0.2, 0.25) is 0 Å². The number of piperidine rings is 1. The minimum absolute atomic E-state index is 0.0519. The number of benzene rings is 2. The largest absolute Gasteiger partial charge is 0.496 e. The number of hydrogen-bond acceptors (Lipinski definition) is 5. The third kappa shape index (κ3) is 4.46. The van der Waals surface area contributed by atoms with Gasteiger partial charge in [0, 0.05) is 45.3 Å². The van der Waals surface area contributed by atoms with E-state index in [-0.39, 0.29) is 11.7 Å². The molecule has 0 aliphatic carbocycles. The quantitative estimate of drug-likeness (QED) is 0.733. The number of rotatable bonds is 5. The number of nitrogens with zero attached hydrogens (tertiary/aromatic N) is 3. The van der Waals surface area contributed by atoms with Gasteiger partial charge in [0.15, 0.2) is 0 Å². The van der Waals surface area contributed by atoms with E-state index in [2.05, 4.69) is 9.80 Å². The van der Waals surface area contributed by atoms with Gasteiger partial charge in [0.25, 0.3) is 5.91 Å². The van der Waals surface area contributed by atoms with Crippen LogP contribution in [0.1, 0.15) is 23.2 Å². The van der Waals surface area contributed by atoms with Crippen LogP contribution >= 0.6 is 0 Å². The van der Waals surface area contributed by atoms with Gasteiger partial charge in [-0.1, -0.05) is 18.2 Å². The Bertz CT molecular complexity index is 892. The Morgan fingerprint density at radius 2 is 1.61 bits per heavy atom. The maximum Gasteiger partial charge on any atom is 0.261 e. The van der Waals surface area contributed by atoms with Crippen LogP contribution in [0, 0.1) is 5.82 Å². The van der Waals surface area contributed by atoms with Gasteiger partial charge >= 0.3 is 0 Å². The molecule has 2 aromatic rings. The summed E-state index contributed by atoms with van der Waals surface area (Å²) in [5.74, 6) is 0.843. The molecule has 4 rings (SSSR count). The van der Waals surface area contributed by atoms with Crippen molar-refractivity contribution in [3.8, 4) is 11.5 Å². The first kappa shape index (κ1) is 21.4. The van der Waals surface area contributed by atoms with Gasteiger partial charge in [-0.15, -0.1) is 0 Å². The van der Waals surface area contributed by atoms with Gasteiger partial charge in [0.1, 0.15) is 22.9 Å². The summed E-state index contributed by atoms with van der Waals surface area (Å²) in [4.78, 5) is 19.8. The summed E-state index contributed by atoms with van der Waals surface area (Å²) < 4.78 is 25.0. The predicted molar refractivity (Wildman–Crippen MR) is 119 cm³/mol. The van der Waals surface area contributed by atoms with Gasteiger partial charge in [-0.25, -0.2) is 4.39 Å². The molecule has 2 aromatic carbocycles. The van der Waals surface area contributed by atoms with E-state index in [0.717, 1.165) is 45.6 Å². The van der Waals surface area contributed by atoms with Crippen LogP contribution in [0.5, 0.6) is 11.5 Å². The molecule has 2 fully saturated rings. The molecule has 7 heteroatoms. The Labute approximate surface area is 183 Å². The minimum Gasteiger partial charge on any atom is -0.496 e. The molecule has 1 unspecified atom stereocenters. The molecule has 0 spiro atoms. The van der Waals surface area contributed by atoms with Crippen molar-refractivity contribution in [1.82, 2.24) is 9.80 Å². The number of ether oxygens (including phenoxy) is 2. The molecule has 0 saturated carbocycles. The molecule has 166 valence electrons. The van der Waals surface area contributed by atoms with E-state index in [1.54, 1.807) is 32.4 Å². The molecule has 0 N–H and O–H groups in total. The highest BCUT2D eigenvalue weighted by atomic mass is 19.1. The second-order valence-electron chi connectivity index (χ2n) is 8.06. The van der Waals surface area contributed by atoms with Gasteiger partial charge in [0.2, 0.25) is 0 Å². The molecule has 2 aliphatic rings. The van der Waals surface area contributed by atoms with Crippen molar-refractivity contribution >= 4 is 11.6 Å². The lowest BCUT2D eigenvalue weighted by Crippen LogP contribution is -2.56. The van der Waals surface area contributed by atoms with Crippen molar-refractivity contribution in [2.45, 2.75) is 18.9 Å². The molecule has 1 atom stereocenters. The molecule has 2 saturated heterocycles. The SMILES string of the molecule is COc1cccc(OC)c1C(=O)N1CCCC(N2CCN(c3ccccc3F)CC2)C1. The highest BCUT2D eigenvalue weighted by Crippen LogP contribution is 2.31. The van der Waals surface area contributed by atoms with Crippen LogP contribution in [0.3, 0.4) is 0 Å². The fourth-order valence-corrected chi connectivity index (χ4v) is 4.69. The summed E-state index contributed by atoms with van der Waals surface area (Å²) in [6.07, 6.45) is 2.02. The number of likely N-dealkylation sites (tertiary alicyclic amines) is 1. The highest BCUT2D eigenvalue weighted by molar-refractivity contribution is 5.99. The van der Waals surface area contributed by atoms with Crippen molar-refractivity contribution in [2.75, 3.05) is 58.4 Å². The number of halogens is 1.